The minimum Gasteiger partial charge on any atom is -0.480 e. The molecular weight excluding hydrogens is 402 g/mol. The van der Waals surface area contributed by atoms with Crippen LogP contribution >= 0.6 is 11.6 Å². The number of amides is 1. The van der Waals surface area contributed by atoms with E-state index < -0.39 is 12.0 Å². The molecule has 30 heavy (non-hydrogen) atoms. The van der Waals surface area contributed by atoms with Gasteiger partial charge in [0.05, 0.1) is 10.6 Å². The van der Waals surface area contributed by atoms with Crippen molar-refractivity contribution in [2.45, 2.75) is 19.0 Å². The van der Waals surface area contributed by atoms with Crippen LogP contribution in [-0.4, -0.2) is 39.5 Å². The standard InChI is InChI=1S/C23H20ClN3O3/c24-21-17(16-5-2-1-3-6-16)7-4-8-18(21)22(28)26-20-10-9-15(13-25-20)14-27-12-11-19(27)23(29)30/h1-10,13,19H,11-12,14H2,(H,29,30)(H,25,26,28)/t19-/m0/s1. The van der Waals surface area contributed by atoms with Crippen molar-refractivity contribution in [1.29, 1.82) is 0 Å². The van der Waals surface area contributed by atoms with Gasteiger partial charge < -0.3 is 10.4 Å². The van der Waals surface area contributed by atoms with E-state index >= 15 is 0 Å². The van der Waals surface area contributed by atoms with Gasteiger partial charge in [0.1, 0.15) is 11.9 Å². The van der Waals surface area contributed by atoms with Crippen LogP contribution in [0.1, 0.15) is 22.3 Å². The summed E-state index contributed by atoms with van der Waals surface area (Å²) in [5.41, 5.74) is 2.98. The molecule has 1 fully saturated rings. The predicted octanol–water partition coefficient (Wildman–Crippen LogP) is 4.31. The number of nitrogens with one attached hydrogen (secondary N) is 1. The monoisotopic (exact) mass is 421 g/mol. The Morgan fingerprint density at radius 2 is 1.90 bits per heavy atom. The number of aromatic nitrogens is 1. The van der Waals surface area contributed by atoms with Crippen LogP contribution in [0.25, 0.3) is 11.1 Å². The molecule has 0 saturated carbocycles. The number of rotatable bonds is 6. The summed E-state index contributed by atoms with van der Waals surface area (Å²) in [5, 5.41) is 12.3. The Hall–Kier alpha value is -3.22. The van der Waals surface area contributed by atoms with Crippen LogP contribution in [0.15, 0.2) is 66.9 Å². The van der Waals surface area contributed by atoms with E-state index in [0.29, 0.717) is 29.4 Å². The molecule has 3 aromatic rings. The van der Waals surface area contributed by atoms with Gasteiger partial charge in [-0.15, -0.1) is 0 Å². The van der Waals surface area contributed by atoms with Crippen molar-refractivity contribution in [2.75, 3.05) is 11.9 Å². The Morgan fingerprint density at radius 1 is 1.10 bits per heavy atom. The zero-order chi connectivity index (χ0) is 21.1. The summed E-state index contributed by atoms with van der Waals surface area (Å²) in [7, 11) is 0. The number of carboxylic acids is 1. The lowest BCUT2D eigenvalue weighted by Crippen LogP contribution is -2.51. The molecule has 1 saturated heterocycles. The fourth-order valence-corrected chi connectivity index (χ4v) is 3.79. The first-order valence-electron chi connectivity index (χ1n) is 9.60. The molecule has 1 amide bonds. The van der Waals surface area contributed by atoms with Crippen LogP contribution in [0.3, 0.4) is 0 Å². The van der Waals surface area contributed by atoms with Crippen LogP contribution in [-0.2, 0) is 11.3 Å². The van der Waals surface area contributed by atoms with Crippen LogP contribution < -0.4 is 5.32 Å². The number of benzene rings is 2. The van der Waals surface area contributed by atoms with Gasteiger partial charge in [0.25, 0.3) is 5.91 Å². The molecule has 0 bridgehead atoms. The summed E-state index contributed by atoms with van der Waals surface area (Å²) in [4.78, 5) is 30.0. The molecule has 1 atom stereocenters. The van der Waals surface area contributed by atoms with Crippen molar-refractivity contribution in [3.63, 3.8) is 0 Å². The third kappa shape index (κ3) is 4.20. The molecule has 1 aliphatic rings. The first-order chi connectivity index (χ1) is 14.5. The smallest absolute Gasteiger partial charge is 0.320 e. The van der Waals surface area contributed by atoms with E-state index in [1.165, 1.54) is 0 Å². The molecule has 2 heterocycles. The molecule has 0 spiro atoms. The first kappa shape index (κ1) is 20.1. The molecule has 2 aromatic carbocycles. The highest BCUT2D eigenvalue weighted by molar-refractivity contribution is 6.37. The second-order valence-electron chi connectivity index (χ2n) is 7.15. The van der Waals surface area contributed by atoms with Crippen molar-refractivity contribution in [3.05, 3.63) is 83.0 Å². The molecule has 152 valence electrons. The number of halogens is 1. The van der Waals surface area contributed by atoms with E-state index in [-0.39, 0.29) is 5.91 Å². The maximum Gasteiger partial charge on any atom is 0.320 e. The molecule has 4 rings (SSSR count). The highest BCUT2D eigenvalue weighted by Gasteiger charge is 2.33. The van der Waals surface area contributed by atoms with Gasteiger partial charge in [-0.1, -0.05) is 60.1 Å². The lowest BCUT2D eigenvalue weighted by Gasteiger charge is -2.37. The number of aliphatic carboxylic acids is 1. The van der Waals surface area contributed by atoms with E-state index in [1.807, 2.05) is 47.4 Å². The Labute approximate surface area is 179 Å². The molecule has 0 aliphatic carbocycles. The number of likely N-dealkylation sites (tertiary alicyclic amines) is 1. The van der Waals surface area contributed by atoms with Gasteiger partial charge in [-0.2, -0.15) is 0 Å². The summed E-state index contributed by atoms with van der Waals surface area (Å²) in [6, 6.07) is 18.1. The summed E-state index contributed by atoms with van der Waals surface area (Å²) in [6.45, 7) is 1.27. The van der Waals surface area contributed by atoms with Gasteiger partial charge in [0.2, 0.25) is 0 Å². The van der Waals surface area contributed by atoms with E-state index in [4.69, 9.17) is 16.7 Å². The number of hydrogen-bond donors (Lipinski definition) is 2. The molecule has 0 radical (unpaired) electrons. The number of carbonyl (C=O) groups is 2. The van der Waals surface area contributed by atoms with E-state index in [9.17, 15) is 9.59 Å². The lowest BCUT2D eigenvalue weighted by molar-refractivity contribution is -0.148. The van der Waals surface area contributed by atoms with Crippen molar-refractivity contribution in [3.8, 4) is 11.1 Å². The zero-order valence-corrected chi connectivity index (χ0v) is 16.8. The molecule has 6 nitrogen and oxygen atoms in total. The van der Waals surface area contributed by atoms with E-state index in [0.717, 1.165) is 23.2 Å². The Morgan fingerprint density at radius 3 is 2.53 bits per heavy atom. The van der Waals surface area contributed by atoms with Crippen molar-refractivity contribution < 1.29 is 14.7 Å². The quantitative estimate of drug-likeness (QED) is 0.619. The molecule has 2 N–H and O–H groups in total. The fourth-order valence-electron chi connectivity index (χ4n) is 3.47. The minimum absolute atomic E-state index is 0.341. The number of carboxylic acid groups (broad SMARTS) is 1. The normalized spacial score (nSPS) is 16.0. The molecule has 0 unspecified atom stereocenters. The SMILES string of the molecule is O=C(Nc1ccc(CN2CC[C@H]2C(=O)O)cn1)c1cccc(-c2ccccc2)c1Cl. The van der Waals surface area contributed by atoms with Gasteiger partial charge in [-0.05, 0) is 29.7 Å². The van der Waals surface area contributed by atoms with Crippen molar-refractivity contribution in [2.24, 2.45) is 0 Å². The number of carbonyl (C=O) groups excluding carboxylic acids is 1. The third-order valence-corrected chi connectivity index (χ3v) is 5.60. The van der Waals surface area contributed by atoms with Gasteiger partial charge in [-0.3, -0.25) is 14.5 Å². The summed E-state index contributed by atoms with van der Waals surface area (Å²) in [5.74, 6) is -0.734. The lowest BCUT2D eigenvalue weighted by atomic mass is 10.0. The Bertz CT molecular complexity index is 1070. The van der Waals surface area contributed by atoms with Crippen LogP contribution in [0.5, 0.6) is 0 Å². The highest BCUT2D eigenvalue weighted by Crippen LogP contribution is 2.31. The number of pyridine rings is 1. The van der Waals surface area contributed by atoms with Crippen molar-refractivity contribution >= 4 is 29.3 Å². The molecule has 1 aromatic heterocycles. The second kappa shape index (κ2) is 8.65. The average molecular weight is 422 g/mol. The van der Waals surface area contributed by atoms with E-state index in [2.05, 4.69) is 10.3 Å². The van der Waals surface area contributed by atoms with E-state index in [1.54, 1.807) is 24.4 Å². The van der Waals surface area contributed by atoms with Crippen LogP contribution in [0.4, 0.5) is 5.82 Å². The van der Waals surface area contributed by atoms with Crippen LogP contribution in [0, 0.1) is 0 Å². The molecule has 1 aliphatic heterocycles. The summed E-state index contributed by atoms with van der Waals surface area (Å²) < 4.78 is 0. The largest absolute Gasteiger partial charge is 0.480 e. The highest BCUT2D eigenvalue weighted by atomic mass is 35.5. The number of hydrogen-bond acceptors (Lipinski definition) is 4. The topological polar surface area (TPSA) is 82.5 Å². The average Bonchev–Trinajstić information content (AvgIpc) is 2.72. The summed E-state index contributed by atoms with van der Waals surface area (Å²) >= 11 is 6.51. The van der Waals surface area contributed by atoms with Gasteiger partial charge in [0, 0.05) is 24.8 Å². The zero-order valence-electron chi connectivity index (χ0n) is 16.1. The third-order valence-electron chi connectivity index (χ3n) is 5.20. The van der Waals surface area contributed by atoms with Gasteiger partial charge >= 0.3 is 5.97 Å². The maximum absolute atomic E-state index is 12.7. The first-order valence-corrected chi connectivity index (χ1v) is 9.98. The Balaban J connectivity index is 1.45. The number of nitrogens with zero attached hydrogens (tertiary/aromatic N) is 2. The predicted molar refractivity (Wildman–Crippen MR) is 116 cm³/mol. The minimum atomic E-state index is -0.798. The van der Waals surface area contributed by atoms with Crippen LogP contribution in [0.2, 0.25) is 5.02 Å². The number of anilines is 1. The fraction of sp³-hybridized carbons (Fsp3) is 0.174. The summed E-state index contributed by atoms with van der Waals surface area (Å²) in [6.07, 6.45) is 2.31. The van der Waals surface area contributed by atoms with Crippen molar-refractivity contribution in [1.82, 2.24) is 9.88 Å². The second-order valence-corrected chi connectivity index (χ2v) is 7.53. The molecular formula is C23H20ClN3O3. The molecule has 7 heteroatoms. The maximum atomic E-state index is 12.7. The van der Waals surface area contributed by atoms with Gasteiger partial charge in [0.15, 0.2) is 0 Å². The Kier molecular flexibility index (Phi) is 5.79. The van der Waals surface area contributed by atoms with Gasteiger partial charge in [-0.25, -0.2) is 4.98 Å².